The Labute approximate surface area is 109 Å². The molecule has 4 heteroatoms. The second-order valence-corrected chi connectivity index (χ2v) is 4.19. The summed E-state index contributed by atoms with van der Waals surface area (Å²) in [6.45, 7) is 0. The average molecular weight is 256 g/mol. The molecular weight excluding hydrogens is 246 g/mol. The normalized spacial score (nSPS) is 11.4. The number of aromatic nitrogens is 3. The summed E-state index contributed by atoms with van der Waals surface area (Å²) in [5.74, 6) is 0. The van der Waals surface area contributed by atoms with Crippen molar-refractivity contribution in [1.82, 2.24) is 14.6 Å². The predicted octanol–water partition coefficient (Wildman–Crippen LogP) is 3.55. The zero-order chi connectivity index (χ0) is 12.4. The molecule has 18 heavy (non-hydrogen) atoms. The SMILES string of the molecule is Clc1nc2c(/C=C/c3ccccc3)cccn2n1. The molecule has 0 amide bonds. The standard InChI is InChI=1S/C14H10ClN3/c15-14-16-13-12(7-4-10-18(13)17-14)9-8-11-5-2-1-3-6-11/h1-10H/b9-8+. The Morgan fingerprint density at radius 3 is 2.67 bits per heavy atom. The second kappa shape index (κ2) is 4.63. The summed E-state index contributed by atoms with van der Waals surface area (Å²) >= 11 is 5.81. The first kappa shape index (κ1) is 11.0. The van der Waals surface area contributed by atoms with E-state index >= 15 is 0 Å². The van der Waals surface area contributed by atoms with Crippen molar-refractivity contribution in [3.8, 4) is 0 Å². The van der Waals surface area contributed by atoms with Gasteiger partial charge in [0.1, 0.15) is 0 Å². The van der Waals surface area contributed by atoms with Crippen LogP contribution in [0.5, 0.6) is 0 Å². The monoisotopic (exact) mass is 255 g/mol. The third-order valence-electron chi connectivity index (χ3n) is 2.62. The van der Waals surface area contributed by atoms with E-state index in [0.717, 1.165) is 16.8 Å². The Morgan fingerprint density at radius 1 is 1.00 bits per heavy atom. The van der Waals surface area contributed by atoms with Crippen LogP contribution in [-0.2, 0) is 0 Å². The fraction of sp³-hybridized carbons (Fsp3) is 0. The molecule has 0 aliphatic carbocycles. The van der Waals surface area contributed by atoms with Gasteiger partial charge in [0.15, 0.2) is 5.65 Å². The molecule has 0 fully saturated rings. The van der Waals surface area contributed by atoms with Gasteiger partial charge in [-0.05, 0) is 29.3 Å². The Morgan fingerprint density at radius 2 is 1.83 bits per heavy atom. The van der Waals surface area contributed by atoms with Gasteiger partial charge in [0.2, 0.25) is 5.28 Å². The van der Waals surface area contributed by atoms with Crippen molar-refractivity contribution in [2.24, 2.45) is 0 Å². The Bertz CT molecular complexity index is 701. The van der Waals surface area contributed by atoms with Crippen LogP contribution in [0.4, 0.5) is 0 Å². The molecule has 0 spiro atoms. The number of rotatable bonds is 2. The van der Waals surface area contributed by atoms with Crippen molar-refractivity contribution < 1.29 is 0 Å². The van der Waals surface area contributed by atoms with Gasteiger partial charge in [0.25, 0.3) is 0 Å². The molecular formula is C14H10ClN3. The number of hydrogen-bond acceptors (Lipinski definition) is 2. The minimum Gasteiger partial charge on any atom is -0.219 e. The van der Waals surface area contributed by atoms with E-state index < -0.39 is 0 Å². The predicted molar refractivity (Wildman–Crippen MR) is 73.4 cm³/mol. The lowest BCUT2D eigenvalue weighted by atomic mass is 10.1. The molecule has 2 aromatic heterocycles. The topological polar surface area (TPSA) is 30.2 Å². The molecule has 0 aliphatic heterocycles. The first-order chi connectivity index (χ1) is 8.83. The first-order valence-electron chi connectivity index (χ1n) is 5.57. The molecule has 2 heterocycles. The highest BCUT2D eigenvalue weighted by Gasteiger charge is 2.03. The molecule has 0 N–H and O–H groups in total. The van der Waals surface area contributed by atoms with Gasteiger partial charge in [0, 0.05) is 11.8 Å². The third-order valence-corrected chi connectivity index (χ3v) is 2.78. The summed E-state index contributed by atoms with van der Waals surface area (Å²) in [4.78, 5) is 4.19. The van der Waals surface area contributed by atoms with E-state index in [1.54, 1.807) is 4.52 Å². The molecule has 1 aromatic carbocycles. The summed E-state index contributed by atoms with van der Waals surface area (Å²) in [5, 5.41) is 4.33. The van der Waals surface area contributed by atoms with E-state index in [2.05, 4.69) is 10.1 Å². The lowest BCUT2D eigenvalue weighted by Crippen LogP contribution is -1.88. The van der Waals surface area contributed by atoms with Gasteiger partial charge in [-0.1, -0.05) is 42.5 Å². The van der Waals surface area contributed by atoms with E-state index in [0.29, 0.717) is 0 Å². The van der Waals surface area contributed by atoms with Gasteiger partial charge in [-0.3, -0.25) is 0 Å². The molecule has 3 aromatic rings. The van der Waals surface area contributed by atoms with E-state index in [1.165, 1.54) is 0 Å². The van der Waals surface area contributed by atoms with Crippen LogP contribution in [0.25, 0.3) is 17.8 Å². The van der Waals surface area contributed by atoms with Gasteiger partial charge in [-0.25, -0.2) is 4.52 Å². The van der Waals surface area contributed by atoms with Gasteiger partial charge >= 0.3 is 0 Å². The van der Waals surface area contributed by atoms with E-state index in [4.69, 9.17) is 11.6 Å². The zero-order valence-electron chi connectivity index (χ0n) is 9.49. The second-order valence-electron chi connectivity index (χ2n) is 3.86. The van der Waals surface area contributed by atoms with E-state index in [1.807, 2.05) is 60.8 Å². The fourth-order valence-corrected chi connectivity index (χ4v) is 1.94. The molecule has 0 bridgehead atoms. The van der Waals surface area contributed by atoms with Crippen molar-refractivity contribution in [2.45, 2.75) is 0 Å². The lowest BCUT2D eigenvalue weighted by Gasteiger charge is -1.96. The fourth-order valence-electron chi connectivity index (χ4n) is 1.78. The van der Waals surface area contributed by atoms with Crippen LogP contribution in [0.1, 0.15) is 11.1 Å². The number of hydrogen-bond donors (Lipinski definition) is 0. The van der Waals surface area contributed by atoms with Crippen LogP contribution >= 0.6 is 11.6 Å². The van der Waals surface area contributed by atoms with Gasteiger partial charge < -0.3 is 0 Å². The van der Waals surface area contributed by atoms with Crippen molar-refractivity contribution in [1.29, 1.82) is 0 Å². The van der Waals surface area contributed by atoms with E-state index in [9.17, 15) is 0 Å². The first-order valence-corrected chi connectivity index (χ1v) is 5.95. The van der Waals surface area contributed by atoms with Crippen molar-refractivity contribution >= 4 is 29.4 Å². The van der Waals surface area contributed by atoms with Gasteiger partial charge in [-0.15, -0.1) is 5.10 Å². The largest absolute Gasteiger partial charge is 0.243 e. The molecule has 0 aliphatic rings. The van der Waals surface area contributed by atoms with Crippen molar-refractivity contribution in [3.63, 3.8) is 0 Å². The minimum atomic E-state index is 0.260. The quantitative estimate of drug-likeness (QED) is 0.701. The maximum absolute atomic E-state index is 5.81. The molecule has 3 rings (SSSR count). The number of nitrogens with zero attached hydrogens (tertiary/aromatic N) is 3. The Hall–Kier alpha value is -2.13. The molecule has 0 saturated heterocycles. The average Bonchev–Trinajstić information content (AvgIpc) is 2.78. The highest BCUT2D eigenvalue weighted by molar-refractivity contribution is 6.28. The van der Waals surface area contributed by atoms with Crippen LogP contribution in [0.15, 0.2) is 48.7 Å². The van der Waals surface area contributed by atoms with Crippen LogP contribution in [-0.4, -0.2) is 14.6 Å². The molecule has 0 unspecified atom stereocenters. The smallest absolute Gasteiger partial charge is 0.219 e. The highest BCUT2D eigenvalue weighted by Crippen LogP contribution is 2.14. The maximum atomic E-state index is 5.81. The van der Waals surface area contributed by atoms with Gasteiger partial charge in [-0.2, -0.15) is 4.98 Å². The third kappa shape index (κ3) is 2.13. The van der Waals surface area contributed by atoms with Crippen LogP contribution in [0.2, 0.25) is 5.28 Å². The lowest BCUT2D eigenvalue weighted by molar-refractivity contribution is 0.960. The number of pyridine rings is 1. The van der Waals surface area contributed by atoms with Crippen molar-refractivity contribution in [2.75, 3.05) is 0 Å². The highest BCUT2D eigenvalue weighted by atomic mass is 35.5. The summed E-state index contributed by atoms with van der Waals surface area (Å²) in [6.07, 6.45) is 5.88. The number of fused-ring (bicyclic) bond motifs is 1. The summed E-state index contributed by atoms with van der Waals surface area (Å²) in [7, 11) is 0. The molecule has 0 atom stereocenters. The summed E-state index contributed by atoms with van der Waals surface area (Å²) in [6, 6.07) is 14.0. The Kier molecular flexibility index (Phi) is 2.82. The van der Waals surface area contributed by atoms with Crippen LogP contribution in [0.3, 0.4) is 0 Å². The summed E-state index contributed by atoms with van der Waals surface area (Å²) < 4.78 is 1.67. The molecule has 0 saturated carbocycles. The maximum Gasteiger partial charge on any atom is 0.243 e. The minimum absolute atomic E-state index is 0.260. The molecule has 3 nitrogen and oxygen atoms in total. The molecule has 0 radical (unpaired) electrons. The van der Waals surface area contributed by atoms with Gasteiger partial charge in [0.05, 0.1) is 0 Å². The van der Waals surface area contributed by atoms with Crippen LogP contribution < -0.4 is 0 Å². The Balaban J connectivity index is 2.02. The van der Waals surface area contributed by atoms with Crippen LogP contribution in [0, 0.1) is 0 Å². The number of halogens is 1. The summed E-state index contributed by atoms with van der Waals surface area (Å²) in [5.41, 5.74) is 2.89. The van der Waals surface area contributed by atoms with Crippen molar-refractivity contribution in [3.05, 3.63) is 65.1 Å². The zero-order valence-corrected chi connectivity index (χ0v) is 10.2. The van der Waals surface area contributed by atoms with E-state index in [-0.39, 0.29) is 5.28 Å². The molecule has 88 valence electrons. The number of benzene rings is 1.